The van der Waals surface area contributed by atoms with Crippen LogP contribution in [0.5, 0.6) is 0 Å². The lowest BCUT2D eigenvalue weighted by Gasteiger charge is -2.38. The number of nitrogens with two attached hydrogens (primary N) is 1. The van der Waals surface area contributed by atoms with Crippen LogP contribution >= 0.6 is 0 Å². The number of hydrogen-bond donors (Lipinski definition) is 1. The van der Waals surface area contributed by atoms with Crippen molar-refractivity contribution in [1.82, 2.24) is 14.3 Å². The molecule has 2 aromatic heterocycles. The predicted molar refractivity (Wildman–Crippen MR) is 86.2 cm³/mol. The first-order valence-electron chi connectivity index (χ1n) is 8.08. The Bertz CT molecular complexity index is 604. The third-order valence-electron chi connectivity index (χ3n) is 4.81. The van der Waals surface area contributed by atoms with Crippen LogP contribution in [-0.4, -0.2) is 33.4 Å². The largest absolute Gasteiger partial charge is 0.329 e. The summed E-state index contributed by atoms with van der Waals surface area (Å²) < 4.78 is 2.13. The normalized spacial score (nSPS) is 23.8. The summed E-state index contributed by atoms with van der Waals surface area (Å²) in [6.07, 6.45) is 8.09. The van der Waals surface area contributed by atoms with Gasteiger partial charge in [-0.25, -0.2) is 4.98 Å². The van der Waals surface area contributed by atoms with Gasteiger partial charge in [-0.3, -0.25) is 4.90 Å². The fourth-order valence-electron chi connectivity index (χ4n) is 3.45. The molecule has 4 nitrogen and oxygen atoms in total. The molecule has 1 aliphatic heterocycles. The minimum Gasteiger partial charge on any atom is -0.329 e. The summed E-state index contributed by atoms with van der Waals surface area (Å²) in [7, 11) is 0. The zero-order valence-electron chi connectivity index (χ0n) is 13.1. The van der Waals surface area contributed by atoms with Crippen LogP contribution in [0.25, 0.3) is 5.65 Å². The number of hydrogen-bond acceptors (Lipinski definition) is 3. The molecule has 0 aliphatic carbocycles. The van der Waals surface area contributed by atoms with Crippen molar-refractivity contribution in [3.63, 3.8) is 0 Å². The van der Waals surface area contributed by atoms with Crippen LogP contribution in [-0.2, 0) is 6.54 Å². The fourth-order valence-corrected chi connectivity index (χ4v) is 3.45. The Kier molecular flexibility index (Phi) is 4.27. The van der Waals surface area contributed by atoms with Crippen molar-refractivity contribution in [2.24, 2.45) is 11.7 Å². The second kappa shape index (κ2) is 6.16. The van der Waals surface area contributed by atoms with Crippen LogP contribution in [0.2, 0.25) is 0 Å². The molecule has 114 valence electrons. The quantitative estimate of drug-likeness (QED) is 0.939. The van der Waals surface area contributed by atoms with Gasteiger partial charge in [0.2, 0.25) is 0 Å². The number of aromatic nitrogens is 2. The first-order chi connectivity index (χ1) is 10.2. The highest BCUT2D eigenvalue weighted by Gasteiger charge is 2.27. The number of nitrogens with zero attached hydrogens (tertiary/aromatic N) is 3. The molecule has 0 bridgehead atoms. The molecule has 0 radical (unpaired) electrons. The Morgan fingerprint density at radius 3 is 2.95 bits per heavy atom. The van der Waals surface area contributed by atoms with Crippen molar-refractivity contribution >= 4 is 5.65 Å². The zero-order valence-corrected chi connectivity index (χ0v) is 13.1. The number of pyridine rings is 1. The molecule has 3 heterocycles. The Labute approximate surface area is 127 Å². The van der Waals surface area contributed by atoms with Crippen molar-refractivity contribution in [3.05, 3.63) is 35.8 Å². The average Bonchev–Trinajstić information content (AvgIpc) is 2.89. The topological polar surface area (TPSA) is 46.6 Å². The second-order valence-electron chi connectivity index (χ2n) is 6.36. The van der Waals surface area contributed by atoms with Crippen molar-refractivity contribution < 1.29 is 0 Å². The monoisotopic (exact) mass is 286 g/mol. The minimum absolute atomic E-state index is 0.509. The lowest BCUT2D eigenvalue weighted by Crippen LogP contribution is -2.46. The van der Waals surface area contributed by atoms with Crippen LogP contribution < -0.4 is 5.73 Å². The van der Waals surface area contributed by atoms with E-state index < -0.39 is 0 Å². The van der Waals surface area contributed by atoms with Crippen LogP contribution in [0.15, 0.2) is 24.5 Å². The maximum Gasteiger partial charge on any atom is 0.137 e. The smallest absolute Gasteiger partial charge is 0.137 e. The number of piperidine rings is 1. The van der Waals surface area contributed by atoms with Gasteiger partial charge in [-0.2, -0.15) is 0 Å². The van der Waals surface area contributed by atoms with Gasteiger partial charge in [-0.1, -0.05) is 19.4 Å². The summed E-state index contributed by atoms with van der Waals surface area (Å²) in [5.41, 5.74) is 9.43. The highest BCUT2D eigenvalue weighted by Crippen LogP contribution is 2.26. The van der Waals surface area contributed by atoms with Gasteiger partial charge >= 0.3 is 0 Å². The predicted octanol–water partition coefficient (Wildman–Crippen LogP) is 2.59. The molecule has 2 atom stereocenters. The molecule has 0 aromatic carbocycles. The van der Waals surface area contributed by atoms with E-state index >= 15 is 0 Å². The molecule has 0 amide bonds. The van der Waals surface area contributed by atoms with Gasteiger partial charge < -0.3 is 10.1 Å². The van der Waals surface area contributed by atoms with E-state index in [4.69, 9.17) is 10.7 Å². The van der Waals surface area contributed by atoms with Gasteiger partial charge in [0.15, 0.2) is 0 Å². The molecule has 0 saturated carbocycles. The van der Waals surface area contributed by atoms with E-state index in [1.54, 1.807) is 0 Å². The third-order valence-corrected chi connectivity index (χ3v) is 4.81. The van der Waals surface area contributed by atoms with Gasteiger partial charge in [0, 0.05) is 31.5 Å². The highest BCUT2D eigenvalue weighted by molar-refractivity contribution is 5.41. The number of rotatable bonds is 4. The van der Waals surface area contributed by atoms with Crippen LogP contribution in [0.1, 0.15) is 37.4 Å². The van der Waals surface area contributed by atoms with E-state index in [1.165, 1.54) is 24.8 Å². The summed E-state index contributed by atoms with van der Waals surface area (Å²) in [5.74, 6) is 0.846. The molecule has 1 saturated heterocycles. The summed E-state index contributed by atoms with van der Waals surface area (Å²) in [4.78, 5) is 7.25. The SMILES string of the molecule is CCC1CCN(Cc2cn3cc(C)ccc3n2)C(CN)C1. The summed E-state index contributed by atoms with van der Waals surface area (Å²) in [5, 5.41) is 0. The maximum absolute atomic E-state index is 5.99. The van der Waals surface area contributed by atoms with E-state index in [-0.39, 0.29) is 0 Å². The lowest BCUT2D eigenvalue weighted by molar-refractivity contribution is 0.106. The minimum atomic E-state index is 0.509. The maximum atomic E-state index is 5.99. The fraction of sp³-hybridized carbons (Fsp3) is 0.588. The van der Waals surface area contributed by atoms with Gasteiger partial charge in [0.25, 0.3) is 0 Å². The number of fused-ring (bicyclic) bond motifs is 1. The molecule has 2 unspecified atom stereocenters. The van der Waals surface area contributed by atoms with Crippen molar-refractivity contribution in [1.29, 1.82) is 0 Å². The second-order valence-corrected chi connectivity index (χ2v) is 6.36. The zero-order chi connectivity index (χ0) is 14.8. The van der Waals surface area contributed by atoms with Crippen molar-refractivity contribution in [2.45, 2.75) is 45.7 Å². The average molecular weight is 286 g/mol. The van der Waals surface area contributed by atoms with Gasteiger partial charge in [-0.05, 0) is 43.9 Å². The highest BCUT2D eigenvalue weighted by atomic mass is 15.2. The number of aryl methyl sites for hydroxylation is 1. The summed E-state index contributed by atoms with van der Waals surface area (Å²) >= 11 is 0. The van der Waals surface area contributed by atoms with E-state index in [1.807, 2.05) is 0 Å². The molecule has 0 spiro atoms. The number of likely N-dealkylation sites (tertiary alicyclic amines) is 1. The van der Waals surface area contributed by atoms with E-state index in [0.717, 1.165) is 36.9 Å². The van der Waals surface area contributed by atoms with E-state index in [2.05, 4.69) is 47.7 Å². The Morgan fingerprint density at radius 1 is 1.33 bits per heavy atom. The molecule has 4 heteroatoms. The van der Waals surface area contributed by atoms with E-state index in [9.17, 15) is 0 Å². The molecule has 3 rings (SSSR count). The van der Waals surface area contributed by atoms with Gasteiger partial charge in [-0.15, -0.1) is 0 Å². The summed E-state index contributed by atoms with van der Waals surface area (Å²) in [6.45, 7) is 7.21. The molecule has 1 fully saturated rings. The molecule has 1 aliphatic rings. The Hall–Kier alpha value is -1.39. The molecular weight excluding hydrogens is 260 g/mol. The molecular formula is C17H26N4. The standard InChI is InChI=1S/C17H26N4/c1-3-14-6-7-20(16(8-14)9-18)11-15-12-21-10-13(2)4-5-17(21)19-15/h4-5,10,12,14,16H,3,6-9,11,18H2,1-2H3. The van der Waals surface area contributed by atoms with Crippen LogP contribution in [0.3, 0.4) is 0 Å². The van der Waals surface area contributed by atoms with Crippen LogP contribution in [0.4, 0.5) is 0 Å². The first kappa shape index (κ1) is 14.5. The lowest BCUT2D eigenvalue weighted by atomic mass is 9.89. The first-order valence-corrected chi connectivity index (χ1v) is 8.08. The molecule has 2 aromatic rings. The van der Waals surface area contributed by atoms with Gasteiger partial charge in [0.05, 0.1) is 5.69 Å². The Morgan fingerprint density at radius 2 is 2.19 bits per heavy atom. The number of imidazole rings is 1. The van der Waals surface area contributed by atoms with E-state index in [0.29, 0.717) is 6.04 Å². The van der Waals surface area contributed by atoms with Gasteiger partial charge in [0.1, 0.15) is 5.65 Å². The Balaban J connectivity index is 1.74. The third kappa shape index (κ3) is 3.11. The summed E-state index contributed by atoms with van der Waals surface area (Å²) in [6, 6.07) is 4.71. The van der Waals surface area contributed by atoms with Crippen molar-refractivity contribution in [2.75, 3.05) is 13.1 Å². The van der Waals surface area contributed by atoms with Crippen LogP contribution in [0, 0.1) is 12.8 Å². The molecule has 21 heavy (non-hydrogen) atoms. The van der Waals surface area contributed by atoms with Crippen molar-refractivity contribution in [3.8, 4) is 0 Å². The molecule has 2 N–H and O–H groups in total.